The summed E-state index contributed by atoms with van der Waals surface area (Å²) >= 11 is 0. The van der Waals surface area contributed by atoms with Crippen molar-refractivity contribution in [3.05, 3.63) is 84.0 Å². The molecule has 6 nitrogen and oxygen atoms in total. The van der Waals surface area contributed by atoms with Gasteiger partial charge in [-0.05, 0) is 49.6 Å². The van der Waals surface area contributed by atoms with E-state index >= 15 is 0 Å². The van der Waals surface area contributed by atoms with Gasteiger partial charge < -0.3 is 14.3 Å². The van der Waals surface area contributed by atoms with Gasteiger partial charge in [-0.2, -0.15) is 0 Å². The Morgan fingerprint density at radius 2 is 1.74 bits per heavy atom. The number of rotatable bonds is 8. The molecule has 1 N–H and O–H groups in total. The Labute approximate surface area is 199 Å². The van der Waals surface area contributed by atoms with Crippen LogP contribution in [0.25, 0.3) is 11.1 Å². The smallest absolute Gasteiger partial charge is 0.294 e. The van der Waals surface area contributed by atoms with Crippen molar-refractivity contribution >= 4 is 17.4 Å². The average Bonchev–Trinajstić information content (AvgIpc) is 3.41. The van der Waals surface area contributed by atoms with Gasteiger partial charge in [0.05, 0.1) is 30.2 Å². The van der Waals surface area contributed by atoms with Crippen molar-refractivity contribution < 1.29 is 23.8 Å². The first-order valence-electron chi connectivity index (χ1n) is 11.5. The molecular formula is C28H29NO5. The molecule has 4 rings (SSSR count). The summed E-state index contributed by atoms with van der Waals surface area (Å²) in [5.74, 6) is -0.710. The standard InChI is InChI=1S/C28H29NO5/c1-17(2)15-23(30)25-26(22-7-5-6-8-24(22)34-18(3)4)29(28(32)27(25)31)21-11-9-19(10-12-21)20-13-14-33-16-20/h5-14,16-18,26,31H,15H2,1-4H3. The van der Waals surface area contributed by atoms with Crippen molar-refractivity contribution in [2.75, 3.05) is 4.90 Å². The van der Waals surface area contributed by atoms with Crippen LogP contribution in [0.1, 0.15) is 45.7 Å². The molecule has 0 spiro atoms. The molecule has 0 fully saturated rings. The fourth-order valence-electron chi connectivity index (χ4n) is 4.24. The number of Topliss-reactive ketones (excluding diaryl/α,β-unsaturated/α-hetero) is 1. The Morgan fingerprint density at radius 3 is 2.35 bits per heavy atom. The van der Waals surface area contributed by atoms with Crippen LogP contribution in [-0.2, 0) is 9.59 Å². The van der Waals surface area contributed by atoms with Crippen LogP contribution in [0.4, 0.5) is 5.69 Å². The summed E-state index contributed by atoms with van der Waals surface area (Å²) in [4.78, 5) is 28.1. The molecule has 176 valence electrons. The fraction of sp³-hybridized carbons (Fsp3) is 0.286. The molecule has 3 aromatic rings. The van der Waals surface area contributed by atoms with Gasteiger partial charge in [-0.1, -0.05) is 44.2 Å². The summed E-state index contributed by atoms with van der Waals surface area (Å²) < 4.78 is 11.2. The highest BCUT2D eigenvalue weighted by atomic mass is 16.5. The maximum atomic E-state index is 13.3. The molecule has 1 unspecified atom stereocenters. The number of para-hydroxylation sites is 1. The van der Waals surface area contributed by atoms with E-state index in [4.69, 9.17) is 9.15 Å². The summed E-state index contributed by atoms with van der Waals surface area (Å²) in [6.45, 7) is 7.70. The molecule has 1 atom stereocenters. The van der Waals surface area contributed by atoms with E-state index in [2.05, 4.69) is 0 Å². The number of benzene rings is 2. The van der Waals surface area contributed by atoms with Crippen LogP contribution in [-0.4, -0.2) is 22.9 Å². The van der Waals surface area contributed by atoms with Crippen molar-refractivity contribution in [2.24, 2.45) is 5.92 Å². The van der Waals surface area contributed by atoms with Crippen LogP contribution in [0.15, 0.2) is 82.9 Å². The Hall–Kier alpha value is -3.80. The summed E-state index contributed by atoms with van der Waals surface area (Å²) in [5.41, 5.74) is 3.18. The lowest BCUT2D eigenvalue weighted by Gasteiger charge is -2.29. The lowest BCUT2D eigenvalue weighted by Crippen LogP contribution is -2.31. The van der Waals surface area contributed by atoms with Gasteiger partial charge in [0, 0.05) is 23.2 Å². The Balaban J connectivity index is 1.83. The topological polar surface area (TPSA) is 80.0 Å². The maximum Gasteiger partial charge on any atom is 0.294 e. The van der Waals surface area contributed by atoms with Gasteiger partial charge >= 0.3 is 0 Å². The van der Waals surface area contributed by atoms with E-state index in [1.807, 2.05) is 82.3 Å². The highest BCUT2D eigenvalue weighted by Gasteiger charge is 2.45. The van der Waals surface area contributed by atoms with E-state index in [1.54, 1.807) is 12.5 Å². The molecule has 1 aliphatic heterocycles. The Bertz CT molecular complexity index is 1210. The number of amides is 1. The second-order valence-electron chi connectivity index (χ2n) is 9.12. The molecule has 0 radical (unpaired) electrons. The fourth-order valence-corrected chi connectivity index (χ4v) is 4.24. The highest BCUT2D eigenvalue weighted by Crippen LogP contribution is 2.45. The molecule has 6 heteroatoms. The third-order valence-electron chi connectivity index (χ3n) is 5.68. The lowest BCUT2D eigenvalue weighted by molar-refractivity contribution is -0.118. The van der Waals surface area contributed by atoms with Gasteiger partial charge in [-0.3, -0.25) is 14.5 Å². The number of ketones is 1. The third kappa shape index (κ3) is 4.49. The third-order valence-corrected chi connectivity index (χ3v) is 5.68. The monoisotopic (exact) mass is 459 g/mol. The number of nitrogens with zero attached hydrogens (tertiary/aromatic N) is 1. The molecular weight excluding hydrogens is 430 g/mol. The zero-order valence-corrected chi connectivity index (χ0v) is 19.8. The molecule has 1 aliphatic rings. The van der Waals surface area contributed by atoms with Crippen molar-refractivity contribution in [2.45, 2.75) is 46.3 Å². The number of carbonyl (C=O) groups is 2. The number of anilines is 1. The predicted molar refractivity (Wildman–Crippen MR) is 131 cm³/mol. The molecule has 0 aliphatic carbocycles. The van der Waals surface area contributed by atoms with Crippen molar-refractivity contribution in [1.82, 2.24) is 0 Å². The number of aliphatic hydroxyl groups is 1. The SMILES string of the molecule is CC(C)CC(=O)C1=C(O)C(=O)N(c2ccc(-c3ccoc3)cc2)C1c1ccccc1OC(C)C. The molecule has 0 saturated carbocycles. The molecule has 1 amide bonds. The van der Waals surface area contributed by atoms with E-state index in [0.717, 1.165) is 11.1 Å². The van der Waals surface area contributed by atoms with E-state index in [-0.39, 0.29) is 29.8 Å². The highest BCUT2D eigenvalue weighted by molar-refractivity contribution is 6.16. The first-order chi connectivity index (χ1) is 16.3. The van der Waals surface area contributed by atoms with Crippen molar-refractivity contribution in [3.8, 4) is 16.9 Å². The van der Waals surface area contributed by atoms with Crippen LogP contribution < -0.4 is 9.64 Å². The van der Waals surface area contributed by atoms with Gasteiger partial charge in [0.1, 0.15) is 5.75 Å². The minimum absolute atomic E-state index is 0.0778. The van der Waals surface area contributed by atoms with Gasteiger partial charge in [-0.25, -0.2) is 0 Å². The van der Waals surface area contributed by atoms with Crippen LogP contribution in [0, 0.1) is 5.92 Å². The van der Waals surface area contributed by atoms with Crippen molar-refractivity contribution in [1.29, 1.82) is 0 Å². The molecule has 1 aromatic heterocycles. The number of carbonyl (C=O) groups excluding carboxylic acids is 2. The Morgan fingerprint density at radius 1 is 1.03 bits per heavy atom. The zero-order valence-electron chi connectivity index (χ0n) is 19.8. The lowest BCUT2D eigenvalue weighted by atomic mass is 9.91. The van der Waals surface area contributed by atoms with E-state index in [1.165, 1.54) is 4.90 Å². The number of furan rings is 1. The van der Waals surface area contributed by atoms with Crippen LogP contribution >= 0.6 is 0 Å². The normalized spacial score (nSPS) is 16.1. The summed E-state index contributed by atoms with van der Waals surface area (Å²) in [6.07, 6.45) is 3.37. The van der Waals surface area contributed by atoms with Gasteiger partial charge in [0.15, 0.2) is 11.5 Å². The first kappa shape index (κ1) is 23.4. The summed E-state index contributed by atoms with van der Waals surface area (Å²) in [7, 11) is 0. The summed E-state index contributed by atoms with van der Waals surface area (Å²) in [6, 6.07) is 15.8. The minimum Gasteiger partial charge on any atom is -0.503 e. The quantitative estimate of drug-likeness (QED) is 0.431. The average molecular weight is 460 g/mol. The van der Waals surface area contributed by atoms with E-state index in [9.17, 15) is 14.7 Å². The number of hydrogen-bond donors (Lipinski definition) is 1. The summed E-state index contributed by atoms with van der Waals surface area (Å²) in [5, 5.41) is 10.9. The molecule has 2 heterocycles. The molecule has 0 saturated heterocycles. The first-order valence-corrected chi connectivity index (χ1v) is 11.5. The largest absolute Gasteiger partial charge is 0.503 e. The zero-order chi connectivity index (χ0) is 24.4. The molecule has 0 bridgehead atoms. The number of ether oxygens (including phenoxy) is 1. The minimum atomic E-state index is -0.798. The maximum absolute atomic E-state index is 13.3. The predicted octanol–water partition coefficient (Wildman–Crippen LogP) is 6.25. The number of aliphatic hydroxyl groups excluding tert-OH is 1. The molecule has 34 heavy (non-hydrogen) atoms. The van der Waals surface area contributed by atoms with Gasteiger partial charge in [0.25, 0.3) is 5.91 Å². The van der Waals surface area contributed by atoms with E-state index < -0.39 is 17.7 Å². The number of hydrogen-bond acceptors (Lipinski definition) is 5. The van der Waals surface area contributed by atoms with Crippen LogP contribution in [0.3, 0.4) is 0 Å². The second kappa shape index (κ2) is 9.59. The van der Waals surface area contributed by atoms with Gasteiger partial charge in [0.2, 0.25) is 0 Å². The van der Waals surface area contributed by atoms with Crippen LogP contribution in [0.2, 0.25) is 0 Å². The Kier molecular flexibility index (Phi) is 6.59. The van der Waals surface area contributed by atoms with Crippen molar-refractivity contribution in [3.63, 3.8) is 0 Å². The van der Waals surface area contributed by atoms with Gasteiger partial charge in [-0.15, -0.1) is 0 Å². The second-order valence-corrected chi connectivity index (χ2v) is 9.12. The van der Waals surface area contributed by atoms with E-state index in [0.29, 0.717) is 17.0 Å². The van der Waals surface area contributed by atoms with Crippen LogP contribution in [0.5, 0.6) is 5.75 Å². The molecule has 2 aromatic carbocycles.